The number of allylic oxidation sites excluding steroid dienone is 1. The van der Waals surface area contributed by atoms with Gasteiger partial charge in [-0.05, 0) is 87.8 Å². The van der Waals surface area contributed by atoms with Crippen LogP contribution in [0.25, 0.3) is 21.6 Å². The Balaban J connectivity index is 1.09. The van der Waals surface area contributed by atoms with Crippen LogP contribution in [-0.2, 0) is 23.9 Å². The van der Waals surface area contributed by atoms with E-state index in [1.165, 1.54) is 16.2 Å². The van der Waals surface area contributed by atoms with E-state index in [2.05, 4.69) is 16.0 Å². The van der Waals surface area contributed by atoms with Gasteiger partial charge in [-0.1, -0.05) is 43.2 Å². The van der Waals surface area contributed by atoms with Crippen LogP contribution in [0, 0.1) is 11.8 Å². The van der Waals surface area contributed by atoms with Crippen molar-refractivity contribution >= 4 is 52.1 Å². The van der Waals surface area contributed by atoms with Gasteiger partial charge >= 0.3 is 6.09 Å². The van der Waals surface area contributed by atoms with Crippen LogP contribution < -0.4 is 20.7 Å². The molecule has 4 fully saturated rings. The molecule has 8 rings (SSSR count). The predicted octanol–water partition coefficient (Wildman–Crippen LogP) is 5.19. The van der Waals surface area contributed by atoms with Gasteiger partial charge < -0.3 is 25.0 Å². The molecular formula is C40H46N6O7S. The molecule has 4 heterocycles. The van der Waals surface area contributed by atoms with Crippen molar-refractivity contribution in [2.45, 2.75) is 113 Å². The van der Waals surface area contributed by atoms with Crippen molar-refractivity contribution in [3.8, 4) is 16.5 Å². The molecule has 5 amide bonds. The third-order valence-corrected chi connectivity index (χ3v) is 12.1. The highest BCUT2D eigenvalue weighted by molar-refractivity contribution is 7.13. The Morgan fingerprint density at radius 2 is 1.69 bits per heavy atom. The Bertz CT molecular complexity index is 1940. The van der Waals surface area contributed by atoms with Crippen LogP contribution in [0.5, 0.6) is 5.88 Å². The molecule has 3 saturated carbocycles. The predicted molar refractivity (Wildman–Crippen MR) is 200 cm³/mol. The molecule has 284 valence electrons. The minimum absolute atomic E-state index is 0.0356. The molecule has 3 aliphatic carbocycles. The number of carbonyl (C=O) groups excluding carboxylic acids is 5. The van der Waals surface area contributed by atoms with Crippen molar-refractivity contribution in [2.75, 3.05) is 6.54 Å². The van der Waals surface area contributed by atoms with Crippen molar-refractivity contribution in [1.82, 2.24) is 30.8 Å². The Hall–Kier alpha value is -4.85. The molecule has 2 aliphatic heterocycles. The average molecular weight is 755 g/mol. The van der Waals surface area contributed by atoms with Gasteiger partial charge in [0, 0.05) is 18.3 Å². The number of hydrogen-bond acceptors (Lipinski definition) is 10. The Morgan fingerprint density at radius 1 is 0.907 bits per heavy atom. The van der Waals surface area contributed by atoms with Crippen molar-refractivity contribution < 1.29 is 33.4 Å². The number of amides is 5. The van der Waals surface area contributed by atoms with E-state index in [1.54, 1.807) is 0 Å². The van der Waals surface area contributed by atoms with Gasteiger partial charge in [-0.2, -0.15) is 0 Å². The van der Waals surface area contributed by atoms with Crippen LogP contribution in [0.2, 0.25) is 0 Å². The minimum Gasteiger partial charge on any atom is -0.471 e. The zero-order valence-corrected chi connectivity index (χ0v) is 31.0. The van der Waals surface area contributed by atoms with Crippen LogP contribution in [-0.4, -0.2) is 81.0 Å². The van der Waals surface area contributed by atoms with Crippen molar-refractivity contribution in [1.29, 1.82) is 0 Å². The lowest BCUT2D eigenvalue weighted by Crippen LogP contribution is -2.58. The summed E-state index contributed by atoms with van der Waals surface area (Å²) in [6.45, 7) is 0.0356. The van der Waals surface area contributed by atoms with Crippen LogP contribution in [0.3, 0.4) is 0 Å². The number of alkyl carbamates (subject to hydrolysis) is 1. The number of aromatic nitrogens is 2. The third kappa shape index (κ3) is 7.84. The fraction of sp³-hybridized carbons (Fsp3) is 0.525. The van der Waals surface area contributed by atoms with E-state index >= 15 is 0 Å². The van der Waals surface area contributed by atoms with Crippen molar-refractivity contribution in [3.63, 3.8) is 0 Å². The first-order valence-corrected chi connectivity index (χ1v) is 20.2. The Labute approximate surface area is 317 Å². The monoisotopic (exact) mass is 754 g/mol. The van der Waals surface area contributed by atoms with Gasteiger partial charge in [0.1, 0.15) is 35.5 Å². The normalized spacial score (nSPS) is 28.2. The van der Waals surface area contributed by atoms with Crippen LogP contribution >= 0.6 is 11.3 Å². The van der Waals surface area contributed by atoms with Gasteiger partial charge in [0.15, 0.2) is 0 Å². The van der Waals surface area contributed by atoms with Gasteiger partial charge in [-0.3, -0.25) is 24.5 Å². The molecule has 13 nitrogen and oxygen atoms in total. The highest BCUT2D eigenvalue weighted by Crippen LogP contribution is 2.46. The second-order valence-electron chi connectivity index (χ2n) is 15.3. The van der Waals surface area contributed by atoms with Crippen molar-refractivity contribution in [2.24, 2.45) is 11.8 Å². The average Bonchev–Trinajstić information content (AvgIpc) is 3.88. The zero-order valence-electron chi connectivity index (χ0n) is 30.2. The van der Waals surface area contributed by atoms with E-state index in [0.29, 0.717) is 36.0 Å². The van der Waals surface area contributed by atoms with Crippen LogP contribution in [0.15, 0.2) is 53.9 Å². The molecule has 3 aromatic rings. The molecule has 2 aromatic heterocycles. The second kappa shape index (κ2) is 15.5. The Kier molecular flexibility index (Phi) is 10.4. The number of imide groups is 1. The van der Waals surface area contributed by atoms with Gasteiger partial charge in [0.05, 0.1) is 22.5 Å². The van der Waals surface area contributed by atoms with Gasteiger partial charge in [0.25, 0.3) is 5.91 Å². The number of thiophene rings is 1. The maximum absolute atomic E-state index is 14.6. The summed E-state index contributed by atoms with van der Waals surface area (Å²) < 4.78 is 12.3. The summed E-state index contributed by atoms with van der Waals surface area (Å²) in [6, 6.07) is 9.39. The van der Waals surface area contributed by atoms with Crippen LogP contribution in [0.1, 0.15) is 83.5 Å². The van der Waals surface area contributed by atoms with E-state index in [1.807, 2.05) is 53.9 Å². The number of nitrogens with one attached hydrogen (secondary N) is 3. The zero-order chi connectivity index (χ0) is 37.2. The first-order chi connectivity index (χ1) is 26.3. The molecular weight excluding hydrogens is 709 g/mol. The van der Waals surface area contributed by atoms with Gasteiger partial charge in [0.2, 0.25) is 23.6 Å². The lowest BCUT2D eigenvalue weighted by Gasteiger charge is -2.30. The maximum Gasteiger partial charge on any atom is 0.408 e. The molecule has 0 spiro atoms. The number of rotatable bonds is 7. The second-order valence-corrected chi connectivity index (χ2v) is 16.2. The summed E-state index contributed by atoms with van der Waals surface area (Å²) in [5.74, 6) is -1.99. The first kappa shape index (κ1) is 36.1. The summed E-state index contributed by atoms with van der Waals surface area (Å²) in [6.07, 6.45) is 11.5. The number of benzene rings is 1. The highest BCUT2D eigenvalue weighted by atomic mass is 32.1. The molecule has 5 atom stereocenters. The first-order valence-electron chi connectivity index (χ1n) is 19.4. The van der Waals surface area contributed by atoms with E-state index in [0.717, 1.165) is 62.7 Å². The Morgan fingerprint density at radius 3 is 2.44 bits per heavy atom. The number of para-hydroxylation sites is 2. The van der Waals surface area contributed by atoms with E-state index in [-0.39, 0.29) is 42.7 Å². The number of carbonyl (C=O) groups is 5. The smallest absolute Gasteiger partial charge is 0.408 e. The number of nitrogens with zero attached hydrogens (tertiary/aromatic N) is 3. The van der Waals surface area contributed by atoms with Gasteiger partial charge in [-0.15, -0.1) is 11.3 Å². The lowest BCUT2D eigenvalue weighted by atomic mass is 10.0. The van der Waals surface area contributed by atoms with E-state index < -0.39 is 47.5 Å². The fourth-order valence-corrected chi connectivity index (χ4v) is 8.67. The topological polar surface area (TPSA) is 169 Å². The molecule has 1 aromatic carbocycles. The maximum atomic E-state index is 14.6. The summed E-state index contributed by atoms with van der Waals surface area (Å²) >= 11 is 1.50. The molecule has 1 saturated heterocycles. The van der Waals surface area contributed by atoms with Crippen molar-refractivity contribution in [3.05, 3.63) is 53.9 Å². The SMILES string of the molecule is O=C(N[C@@H]1CCCCC/C=C/C2C[C@@]2(C(=O)NC(=O)C2CC2)NC(=O)[C@@H]2C[C@@H](Oc3nc4ccccc4nc3-c3cccs3)CN2C1=O)OC1CCCC1. The fourth-order valence-electron chi connectivity index (χ4n) is 7.97. The largest absolute Gasteiger partial charge is 0.471 e. The molecule has 1 unspecified atom stereocenters. The minimum atomic E-state index is -1.31. The summed E-state index contributed by atoms with van der Waals surface area (Å²) in [4.78, 5) is 80.6. The number of fused-ring (bicyclic) bond motifs is 3. The lowest BCUT2D eigenvalue weighted by molar-refractivity contribution is -0.141. The molecule has 14 heteroatoms. The van der Waals surface area contributed by atoms with Crippen LogP contribution in [0.4, 0.5) is 4.79 Å². The number of hydrogen-bond donors (Lipinski definition) is 3. The van der Waals surface area contributed by atoms with E-state index in [9.17, 15) is 24.0 Å². The quantitative estimate of drug-likeness (QED) is 0.217. The summed E-state index contributed by atoms with van der Waals surface area (Å²) in [5, 5.41) is 10.3. The number of ether oxygens (including phenoxy) is 2. The van der Waals surface area contributed by atoms with E-state index in [4.69, 9.17) is 19.4 Å². The molecule has 0 radical (unpaired) electrons. The van der Waals surface area contributed by atoms with Gasteiger partial charge in [-0.25, -0.2) is 14.8 Å². The molecule has 0 bridgehead atoms. The standard InChI is InChI=1S/C40H46N6O7S/c47-34(24-18-19-24)44-38(50)40-22-25(40)11-4-2-1-3-5-16-30(43-39(51)53-26-12-6-7-13-26)37(49)46-23-27(21-31(46)35(48)45-40)52-36-33(32-17-10-20-54-32)41-28-14-8-9-15-29(28)42-36/h4,8-11,14-15,17,20,24-27,30-31H,1-3,5-7,12-13,16,18-19,21-23H2,(H,43,51)(H,45,48)(H,44,47,50)/b11-4+/t25?,27-,30-,31+,40-/m1/s1. The summed E-state index contributed by atoms with van der Waals surface area (Å²) in [5.41, 5.74) is 0.588. The third-order valence-electron chi connectivity index (χ3n) is 11.3. The summed E-state index contributed by atoms with van der Waals surface area (Å²) in [7, 11) is 0. The molecule has 54 heavy (non-hydrogen) atoms. The highest BCUT2D eigenvalue weighted by Gasteiger charge is 2.61. The molecule has 3 N–H and O–H groups in total. The molecule has 5 aliphatic rings.